The molecule has 0 saturated carbocycles. The summed E-state index contributed by atoms with van der Waals surface area (Å²) < 4.78 is 6.27. The molecule has 114 valence electrons. The zero-order valence-electron chi connectivity index (χ0n) is 11.5. The molecule has 22 heavy (non-hydrogen) atoms. The molecule has 0 spiro atoms. The first kappa shape index (κ1) is 16.0. The Kier molecular flexibility index (Phi) is 5.48. The zero-order valence-corrected chi connectivity index (χ0v) is 13.1. The lowest BCUT2D eigenvalue weighted by molar-refractivity contribution is -0.384. The molecule has 1 N–H and O–H groups in total. The molecule has 2 aromatic rings. The Morgan fingerprint density at radius 1 is 1.14 bits per heavy atom. The average molecular weight is 365 g/mol. The third kappa shape index (κ3) is 4.85. The second-order valence-corrected chi connectivity index (χ2v) is 5.36. The van der Waals surface area contributed by atoms with E-state index in [9.17, 15) is 14.9 Å². The number of nitrogens with one attached hydrogen (secondary N) is 1. The number of amides is 1. The number of non-ortho nitro benzene ring substituents is 1. The maximum Gasteiger partial charge on any atom is 0.269 e. The Balaban J connectivity index is 1.77. The van der Waals surface area contributed by atoms with Gasteiger partial charge in [-0.15, -0.1) is 0 Å². The average Bonchev–Trinajstić information content (AvgIpc) is 2.52. The molecule has 0 unspecified atom stereocenters. The van der Waals surface area contributed by atoms with Crippen LogP contribution in [0.5, 0.6) is 5.75 Å². The molecule has 6 nitrogen and oxygen atoms in total. The van der Waals surface area contributed by atoms with E-state index in [0.29, 0.717) is 12.3 Å². The van der Waals surface area contributed by atoms with E-state index in [1.165, 1.54) is 12.1 Å². The minimum atomic E-state index is -0.464. The number of hydrogen-bond donors (Lipinski definition) is 1. The van der Waals surface area contributed by atoms with Crippen molar-refractivity contribution in [3.8, 4) is 5.75 Å². The molecule has 7 heteroatoms. The van der Waals surface area contributed by atoms with Crippen molar-refractivity contribution in [3.05, 3.63) is 68.7 Å². The first-order chi connectivity index (χ1) is 10.5. The van der Waals surface area contributed by atoms with Gasteiger partial charge in [0, 0.05) is 23.2 Å². The summed E-state index contributed by atoms with van der Waals surface area (Å²) in [6, 6.07) is 13.2. The zero-order chi connectivity index (χ0) is 15.9. The van der Waals surface area contributed by atoms with Gasteiger partial charge in [0.1, 0.15) is 5.75 Å². The van der Waals surface area contributed by atoms with Crippen molar-refractivity contribution in [2.75, 3.05) is 6.61 Å². The van der Waals surface area contributed by atoms with Gasteiger partial charge in [-0.05, 0) is 29.8 Å². The SMILES string of the molecule is O=C(COc1ccc(Br)cc1)NCc1ccc([N+](=O)[O-])cc1. The van der Waals surface area contributed by atoms with Crippen molar-refractivity contribution in [2.45, 2.75) is 6.54 Å². The van der Waals surface area contributed by atoms with Gasteiger partial charge in [-0.3, -0.25) is 14.9 Å². The van der Waals surface area contributed by atoms with Crippen LogP contribution >= 0.6 is 15.9 Å². The minimum absolute atomic E-state index is 0.0219. The van der Waals surface area contributed by atoms with Crippen molar-refractivity contribution < 1.29 is 14.5 Å². The van der Waals surface area contributed by atoms with E-state index in [1.54, 1.807) is 24.3 Å². The van der Waals surface area contributed by atoms with Gasteiger partial charge in [0.15, 0.2) is 6.61 Å². The third-order valence-corrected chi connectivity index (χ3v) is 3.35. The molecule has 2 rings (SSSR count). The summed E-state index contributed by atoms with van der Waals surface area (Å²) in [4.78, 5) is 21.7. The Morgan fingerprint density at radius 2 is 1.77 bits per heavy atom. The number of halogens is 1. The summed E-state index contributed by atoms with van der Waals surface area (Å²) in [7, 11) is 0. The molecule has 1 amide bonds. The normalized spacial score (nSPS) is 10.0. The number of carbonyl (C=O) groups excluding carboxylic acids is 1. The van der Waals surface area contributed by atoms with Crippen molar-refractivity contribution >= 4 is 27.5 Å². The van der Waals surface area contributed by atoms with E-state index in [1.807, 2.05) is 12.1 Å². The standard InChI is InChI=1S/C15H13BrN2O4/c16-12-3-7-14(8-4-12)22-10-15(19)17-9-11-1-5-13(6-2-11)18(20)21/h1-8H,9-10H2,(H,17,19). The van der Waals surface area contributed by atoms with E-state index < -0.39 is 4.92 Å². The first-order valence-corrected chi connectivity index (χ1v) is 7.22. The highest BCUT2D eigenvalue weighted by Crippen LogP contribution is 2.16. The molecular weight excluding hydrogens is 352 g/mol. The number of hydrogen-bond acceptors (Lipinski definition) is 4. The smallest absolute Gasteiger partial charge is 0.269 e. The molecule has 2 aromatic carbocycles. The summed E-state index contributed by atoms with van der Waals surface area (Å²) in [5.74, 6) is 0.343. The van der Waals surface area contributed by atoms with Crippen LogP contribution in [0, 0.1) is 10.1 Å². The second-order valence-electron chi connectivity index (χ2n) is 4.44. The first-order valence-electron chi connectivity index (χ1n) is 6.43. The monoisotopic (exact) mass is 364 g/mol. The van der Waals surface area contributed by atoms with Crippen LogP contribution in [0.1, 0.15) is 5.56 Å². The summed E-state index contributed by atoms with van der Waals surface area (Å²) in [5, 5.41) is 13.2. The number of benzene rings is 2. The number of carbonyl (C=O) groups is 1. The molecule has 0 aliphatic rings. The molecule has 0 aliphatic carbocycles. The van der Waals surface area contributed by atoms with Crippen LogP contribution in [0.15, 0.2) is 53.0 Å². The fourth-order valence-corrected chi connectivity index (χ4v) is 1.93. The lowest BCUT2D eigenvalue weighted by atomic mass is 10.2. The van der Waals surface area contributed by atoms with Crippen molar-refractivity contribution in [1.29, 1.82) is 0 Å². The van der Waals surface area contributed by atoms with Crippen LogP contribution in [0.2, 0.25) is 0 Å². The fourth-order valence-electron chi connectivity index (χ4n) is 1.67. The van der Waals surface area contributed by atoms with Crippen LogP contribution in [0.3, 0.4) is 0 Å². The molecule has 0 heterocycles. The molecule has 0 aromatic heterocycles. The predicted octanol–water partition coefficient (Wildman–Crippen LogP) is 3.05. The van der Waals surface area contributed by atoms with Gasteiger partial charge in [0.25, 0.3) is 11.6 Å². The number of nitrogens with zero attached hydrogens (tertiary/aromatic N) is 1. The van der Waals surface area contributed by atoms with Crippen LogP contribution in [0.25, 0.3) is 0 Å². The van der Waals surface area contributed by atoms with Crippen LogP contribution in [0.4, 0.5) is 5.69 Å². The van der Waals surface area contributed by atoms with Gasteiger partial charge in [-0.25, -0.2) is 0 Å². The summed E-state index contributed by atoms with van der Waals surface area (Å²) >= 11 is 3.31. The minimum Gasteiger partial charge on any atom is -0.484 e. The highest BCUT2D eigenvalue weighted by Gasteiger charge is 2.06. The Hall–Kier alpha value is -2.41. The van der Waals surface area contributed by atoms with E-state index in [0.717, 1.165) is 10.0 Å². The molecule has 0 radical (unpaired) electrons. The van der Waals surface area contributed by atoms with Gasteiger partial charge >= 0.3 is 0 Å². The van der Waals surface area contributed by atoms with E-state index in [4.69, 9.17) is 4.74 Å². The van der Waals surface area contributed by atoms with Crippen molar-refractivity contribution in [3.63, 3.8) is 0 Å². The molecule has 0 fully saturated rings. The highest BCUT2D eigenvalue weighted by atomic mass is 79.9. The van der Waals surface area contributed by atoms with Gasteiger partial charge < -0.3 is 10.1 Å². The van der Waals surface area contributed by atoms with E-state index in [2.05, 4.69) is 21.2 Å². The number of ether oxygens (including phenoxy) is 1. The van der Waals surface area contributed by atoms with Gasteiger partial charge in [-0.2, -0.15) is 0 Å². The fraction of sp³-hybridized carbons (Fsp3) is 0.133. The Morgan fingerprint density at radius 3 is 2.36 bits per heavy atom. The number of nitro groups is 1. The van der Waals surface area contributed by atoms with Crippen LogP contribution in [-0.2, 0) is 11.3 Å². The van der Waals surface area contributed by atoms with Crippen molar-refractivity contribution in [2.24, 2.45) is 0 Å². The summed E-state index contributed by atoms with van der Waals surface area (Å²) in [5.41, 5.74) is 0.802. The Labute approximate surface area is 135 Å². The van der Waals surface area contributed by atoms with E-state index in [-0.39, 0.29) is 18.2 Å². The Bertz CT molecular complexity index is 656. The third-order valence-electron chi connectivity index (χ3n) is 2.82. The quantitative estimate of drug-likeness (QED) is 0.630. The maximum atomic E-state index is 11.7. The lowest BCUT2D eigenvalue weighted by Gasteiger charge is -2.07. The molecular formula is C15H13BrN2O4. The maximum absolute atomic E-state index is 11.7. The topological polar surface area (TPSA) is 81.5 Å². The molecule has 0 saturated heterocycles. The number of rotatable bonds is 6. The molecule has 0 aliphatic heterocycles. The van der Waals surface area contributed by atoms with E-state index >= 15 is 0 Å². The van der Waals surface area contributed by atoms with Gasteiger partial charge in [0.05, 0.1) is 4.92 Å². The van der Waals surface area contributed by atoms with Gasteiger partial charge in [-0.1, -0.05) is 28.1 Å². The number of nitro benzene ring substituents is 1. The predicted molar refractivity (Wildman–Crippen MR) is 84.6 cm³/mol. The summed E-state index contributed by atoms with van der Waals surface area (Å²) in [6.07, 6.45) is 0. The molecule has 0 atom stereocenters. The second kappa shape index (κ2) is 7.56. The summed E-state index contributed by atoms with van der Waals surface area (Å²) in [6.45, 7) is 0.204. The van der Waals surface area contributed by atoms with Crippen LogP contribution in [-0.4, -0.2) is 17.4 Å². The highest BCUT2D eigenvalue weighted by molar-refractivity contribution is 9.10. The lowest BCUT2D eigenvalue weighted by Crippen LogP contribution is -2.28. The van der Waals surface area contributed by atoms with Gasteiger partial charge in [0.2, 0.25) is 0 Å². The van der Waals surface area contributed by atoms with Crippen LogP contribution < -0.4 is 10.1 Å². The molecule has 0 bridgehead atoms. The largest absolute Gasteiger partial charge is 0.484 e. The van der Waals surface area contributed by atoms with Crippen molar-refractivity contribution in [1.82, 2.24) is 5.32 Å².